The van der Waals surface area contributed by atoms with E-state index in [1.165, 1.54) is 7.11 Å². The Bertz CT molecular complexity index is 686. The molecule has 0 aliphatic heterocycles. The van der Waals surface area contributed by atoms with Crippen LogP contribution in [0.5, 0.6) is 11.5 Å². The Morgan fingerprint density at radius 2 is 2.00 bits per heavy atom. The second-order valence-electron chi connectivity index (χ2n) is 5.34. The van der Waals surface area contributed by atoms with Gasteiger partial charge in [-0.25, -0.2) is 0 Å². The third-order valence-corrected chi connectivity index (χ3v) is 3.36. The number of carbonyl (C=O) groups is 1. The molecule has 0 aliphatic carbocycles. The molecule has 0 aliphatic rings. The number of hydrogen-bond donors (Lipinski definition) is 1. The number of halogens is 1. The molecule has 0 radical (unpaired) electrons. The minimum atomic E-state index is -0.237. The van der Waals surface area contributed by atoms with Gasteiger partial charge in [0.05, 0.1) is 18.8 Å². The molecule has 0 aromatic heterocycles. The second kappa shape index (κ2) is 7.88. The van der Waals surface area contributed by atoms with Crippen molar-refractivity contribution in [3.05, 3.63) is 58.6 Å². The lowest BCUT2D eigenvalue weighted by molar-refractivity contribution is 0.0947. The van der Waals surface area contributed by atoms with Crippen LogP contribution in [0.2, 0.25) is 5.02 Å². The van der Waals surface area contributed by atoms with Crippen LogP contribution in [0.15, 0.2) is 42.5 Å². The van der Waals surface area contributed by atoms with Crippen LogP contribution < -0.4 is 14.8 Å². The molecule has 23 heavy (non-hydrogen) atoms. The number of amides is 1. The summed E-state index contributed by atoms with van der Waals surface area (Å²) in [6.45, 7) is 4.34. The van der Waals surface area contributed by atoms with Gasteiger partial charge in [0, 0.05) is 11.6 Å². The predicted octanol–water partition coefficient (Wildman–Crippen LogP) is 4.07. The Labute approximate surface area is 141 Å². The lowest BCUT2D eigenvalue weighted by Crippen LogP contribution is -2.23. The van der Waals surface area contributed by atoms with Gasteiger partial charge >= 0.3 is 0 Å². The molecular formula is C18H20ClNO3. The maximum atomic E-state index is 12.3. The van der Waals surface area contributed by atoms with E-state index in [2.05, 4.69) is 5.32 Å². The molecule has 0 spiro atoms. The first-order chi connectivity index (χ1) is 11.0. The molecular weight excluding hydrogens is 314 g/mol. The summed E-state index contributed by atoms with van der Waals surface area (Å²) in [5.74, 6) is 1.04. The van der Waals surface area contributed by atoms with Crippen molar-refractivity contribution in [1.29, 1.82) is 0 Å². The van der Waals surface area contributed by atoms with Crippen LogP contribution in [-0.4, -0.2) is 19.1 Å². The molecule has 1 N–H and O–H groups in total. The fourth-order valence-electron chi connectivity index (χ4n) is 2.14. The van der Waals surface area contributed by atoms with Crippen LogP contribution in [-0.2, 0) is 6.54 Å². The van der Waals surface area contributed by atoms with E-state index in [1.807, 2.05) is 38.1 Å². The van der Waals surface area contributed by atoms with Crippen LogP contribution in [0.25, 0.3) is 0 Å². The van der Waals surface area contributed by atoms with E-state index in [0.29, 0.717) is 22.9 Å². The van der Waals surface area contributed by atoms with Crippen LogP contribution in [0.4, 0.5) is 0 Å². The van der Waals surface area contributed by atoms with Crippen molar-refractivity contribution in [2.24, 2.45) is 0 Å². The molecule has 0 unspecified atom stereocenters. The second-order valence-corrected chi connectivity index (χ2v) is 5.78. The number of methoxy groups -OCH3 is 1. The SMILES string of the molecule is COc1ccc(Cl)cc1C(=O)NCc1cccc(OC(C)C)c1. The van der Waals surface area contributed by atoms with Gasteiger partial charge in [-0.3, -0.25) is 4.79 Å². The Morgan fingerprint density at radius 3 is 2.70 bits per heavy atom. The highest BCUT2D eigenvalue weighted by Gasteiger charge is 2.12. The van der Waals surface area contributed by atoms with Crippen molar-refractivity contribution < 1.29 is 14.3 Å². The average Bonchev–Trinajstić information content (AvgIpc) is 2.52. The van der Waals surface area contributed by atoms with Gasteiger partial charge in [-0.05, 0) is 49.7 Å². The number of benzene rings is 2. The summed E-state index contributed by atoms with van der Waals surface area (Å²) in [5.41, 5.74) is 1.37. The summed E-state index contributed by atoms with van der Waals surface area (Å²) in [7, 11) is 1.52. The number of rotatable bonds is 6. The van der Waals surface area contributed by atoms with E-state index in [-0.39, 0.29) is 12.0 Å². The minimum Gasteiger partial charge on any atom is -0.496 e. The summed E-state index contributed by atoms with van der Waals surface area (Å²) in [4.78, 5) is 12.3. The molecule has 0 fully saturated rings. The van der Waals surface area contributed by atoms with Crippen molar-refractivity contribution >= 4 is 17.5 Å². The van der Waals surface area contributed by atoms with Gasteiger partial charge < -0.3 is 14.8 Å². The van der Waals surface area contributed by atoms with E-state index in [0.717, 1.165) is 11.3 Å². The van der Waals surface area contributed by atoms with E-state index >= 15 is 0 Å². The number of ether oxygens (including phenoxy) is 2. The molecule has 2 rings (SSSR count). The lowest BCUT2D eigenvalue weighted by Gasteiger charge is -2.12. The van der Waals surface area contributed by atoms with E-state index in [9.17, 15) is 4.79 Å². The molecule has 1 amide bonds. The highest BCUT2D eigenvalue weighted by molar-refractivity contribution is 6.31. The summed E-state index contributed by atoms with van der Waals surface area (Å²) in [5, 5.41) is 3.35. The first-order valence-electron chi connectivity index (χ1n) is 7.37. The molecule has 122 valence electrons. The Kier molecular flexibility index (Phi) is 5.88. The third-order valence-electron chi connectivity index (χ3n) is 3.13. The summed E-state index contributed by atoms with van der Waals surface area (Å²) in [6.07, 6.45) is 0.107. The monoisotopic (exact) mass is 333 g/mol. The van der Waals surface area contributed by atoms with Gasteiger partial charge in [0.1, 0.15) is 11.5 Å². The first-order valence-corrected chi connectivity index (χ1v) is 7.74. The molecule has 2 aromatic carbocycles. The van der Waals surface area contributed by atoms with E-state index < -0.39 is 0 Å². The van der Waals surface area contributed by atoms with Crippen molar-refractivity contribution in [3.63, 3.8) is 0 Å². The van der Waals surface area contributed by atoms with Crippen LogP contribution in [0.1, 0.15) is 29.8 Å². The Morgan fingerprint density at radius 1 is 1.22 bits per heavy atom. The largest absolute Gasteiger partial charge is 0.496 e. The van der Waals surface area contributed by atoms with Gasteiger partial charge in [-0.2, -0.15) is 0 Å². The summed E-state index contributed by atoms with van der Waals surface area (Å²) < 4.78 is 10.8. The number of carbonyl (C=O) groups excluding carboxylic acids is 1. The maximum absolute atomic E-state index is 12.3. The molecule has 4 nitrogen and oxygen atoms in total. The fourth-order valence-corrected chi connectivity index (χ4v) is 2.31. The topological polar surface area (TPSA) is 47.6 Å². The summed E-state index contributed by atoms with van der Waals surface area (Å²) in [6, 6.07) is 12.6. The van der Waals surface area contributed by atoms with E-state index in [4.69, 9.17) is 21.1 Å². The molecule has 2 aromatic rings. The summed E-state index contributed by atoms with van der Waals surface area (Å²) >= 11 is 5.95. The van der Waals surface area contributed by atoms with Crippen LogP contribution in [0, 0.1) is 0 Å². The molecule has 0 saturated carbocycles. The predicted molar refractivity (Wildman–Crippen MR) is 91.4 cm³/mol. The van der Waals surface area contributed by atoms with Gasteiger partial charge in [-0.15, -0.1) is 0 Å². The van der Waals surface area contributed by atoms with Gasteiger partial charge in [0.15, 0.2) is 0 Å². The van der Waals surface area contributed by atoms with Crippen molar-refractivity contribution in [2.75, 3.05) is 7.11 Å². The third kappa shape index (κ3) is 4.89. The molecule has 0 bridgehead atoms. The quantitative estimate of drug-likeness (QED) is 0.867. The van der Waals surface area contributed by atoms with Crippen molar-refractivity contribution in [3.8, 4) is 11.5 Å². The zero-order chi connectivity index (χ0) is 16.8. The van der Waals surface area contributed by atoms with Crippen LogP contribution in [0.3, 0.4) is 0 Å². The number of hydrogen-bond acceptors (Lipinski definition) is 3. The zero-order valence-corrected chi connectivity index (χ0v) is 14.2. The fraction of sp³-hybridized carbons (Fsp3) is 0.278. The maximum Gasteiger partial charge on any atom is 0.255 e. The Hall–Kier alpha value is -2.20. The minimum absolute atomic E-state index is 0.107. The van der Waals surface area contributed by atoms with Gasteiger partial charge in [0.25, 0.3) is 5.91 Å². The molecule has 0 saturated heterocycles. The van der Waals surface area contributed by atoms with Crippen LogP contribution >= 0.6 is 11.6 Å². The Balaban J connectivity index is 2.06. The van der Waals surface area contributed by atoms with Gasteiger partial charge in [0.2, 0.25) is 0 Å². The molecule has 0 heterocycles. The van der Waals surface area contributed by atoms with Gasteiger partial charge in [-0.1, -0.05) is 23.7 Å². The van der Waals surface area contributed by atoms with E-state index in [1.54, 1.807) is 18.2 Å². The zero-order valence-electron chi connectivity index (χ0n) is 13.4. The van der Waals surface area contributed by atoms with Crippen molar-refractivity contribution in [1.82, 2.24) is 5.32 Å². The molecule has 5 heteroatoms. The number of nitrogens with one attached hydrogen (secondary N) is 1. The highest BCUT2D eigenvalue weighted by atomic mass is 35.5. The standard InChI is InChI=1S/C18H20ClNO3/c1-12(2)23-15-6-4-5-13(9-15)11-20-18(21)16-10-14(19)7-8-17(16)22-3/h4-10,12H,11H2,1-3H3,(H,20,21). The normalized spacial score (nSPS) is 10.5. The first kappa shape index (κ1) is 17.2. The smallest absolute Gasteiger partial charge is 0.255 e. The highest BCUT2D eigenvalue weighted by Crippen LogP contribution is 2.22. The lowest BCUT2D eigenvalue weighted by atomic mass is 10.1. The average molecular weight is 334 g/mol. The van der Waals surface area contributed by atoms with Crippen molar-refractivity contribution in [2.45, 2.75) is 26.5 Å². The molecule has 0 atom stereocenters.